The topological polar surface area (TPSA) is 189 Å². The molecule has 0 spiro atoms. The van der Waals surface area contributed by atoms with Gasteiger partial charge >= 0.3 is 13.1 Å². The molecule has 0 aromatic heterocycles. The number of hydrogen-bond acceptors (Lipinski definition) is 9. The van der Waals surface area contributed by atoms with Gasteiger partial charge in [-0.1, -0.05) is 6.07 Å². The van der Waals surface area contributed by atoms with Crippen LogP contribution in [0.3, 0.4) is 0 Å². The van der Waals surface area contributed by atoms with Crippen LogP contribution in [0.5, 0.6) is 11.5 Å². The van der Waals surface area contributed by atoms with E-state index in [0.29, 0.717) is 31.4 Å². The molecule has 176 valence electrons. The lowest BCUT2D eigenvalue weighted by molar-refractivity contribution is -0.127. The molecule has 3 rings (SSSR count). The van der Waals surface area contributed by atoms with Crippen molar-refractivity contribution in [3.63, 3.8) is 0 Å². The van der Waals surface area contributed by atoms with Crippen molar-refractivity contribution in [3.8, 4) is 11.5 Å². The predicted octanol–water partition coefficient (Wildman–Crippen LogP) is -1.42. The van der Waals surface area contributed by atoms with Crippen molar-refractivity contribution in [1.29, 1.82) is 0 Å². The molecule has 32 heavy (non-hydrogen) atoms. The van der Waals surface area contributed by atoms with E-state index in [1.165, 1.54) is 6.92 Å². The molecule has 0 saturated carbocycles. The molecule has 1 atom stereocenters. The zero-order valence-electron chi connectivity index (χ0n) is 17.5. The van der Waals surface area contributed by atoms with Gasteiger partial charge in [0.25, 0.3) is 10.1 Å². The zero-order valence-corrected chi connectivity index (χ0v) is 18.3. The number of benzene rings is 1. The van der Waals surface area contributed by atoms with Gasteiger partial charge in [-0.2, -0.15) is 8.42 Å². The fourth-order valence-electron chi connectivity index (χ4n) is 3.65. The number of aryl methyl sites for hydroxylation is 1. The van der Waals surface area contributed by atoms with E-state index >= 15 is 0 Å². The summed E-state index contributed by atoms with van der Waals surface area (Å²) in [5.41, 5.74) is 5.29. The standard InChI is InChI=1S/C18H26BN3O9S/c1-18(20,17(25)21-6-7-32(27,28)29)10-22-8-12(9-22)30-13-3-2-11-4-5-19(26)31-15(11)14(13)16(23)24/h2-3,12,26H,4-10,20H2,1H3,(H,21,25)(H,23,24)(H,27,28,29)/t18-/m1/s1. The van der Waals surface area contributed by atoms with Crippen molar-refractivity contribution in [2.45, 2.75) is 31.3 Å². The molecular formula is C18H26BN3O9S. The Morgan fingerprint density at radius 3 is 2.72 bits per heavy atom. The van der Waals surface area contributed by atoms with E-state index in [-0.39, 0.29) is 36.3 Å². The number of carboxylic acids is 1. The molecule has 1 aromatic carbocycles. The van der Waals surface area contributed by atoms with Crippen LogP contribution in [-0.4, -0.2) is 90.6 Å². The normalized spacial score (nSPS) is 18.7. The van der Waals surface area contributed by atoms with E-state index in [2.05, 4.69) is 5.32 Å². The van der Waals surface area contributed by atoms with Gasteiger partial charge < -0.3 is 30.6 Å². The number of carbonyl (C=O) groups is 2. The smallest absolute Gasteiger partial charge is 0.522 e. The molecule has 2 aliphatic heterocycles. The van der Waals surface area contributed by atoms with Crippen LogP contribution in [-0.2, 0) is 21.3 Å². The average molecular weight is 471 g/mol. The van der Waals surface area contributed by atoms with Crippen molar-refractivity contribution in [2.24, 2.45) is 5.73 Å². The molecule has 0 radical (unpaired) electrons. The van der Waals surface area contributed by atoms with Crippen LogP contribution >= 0.6 is 0 Å². The largest absolute Gasteiger partial charge is 0.535 e. The van der Waals surface area contributed by atoms with Crippen LogP contribution < -0.4 is 20.4 Å². The molecule has 1 aromatic rings. The Balaban J connectivity index is 1.56. The number of rotatable bonds is 9. The third kappa shape index (κ3) is 5.89. The van der Waals surface area contributed by atoms with E-state index in [4.69, 9.17) is 19.7 Å². The molecule has 14 heteroatoms. The first-order valence-corrected chi connectivity index (χ1v) is 11.6. The molecule has 1 saturated heterocycles. The molecule has 2 aliphatic rings. The van der Waals surface area contributed by atoms with Gasteiger partial charge in [0.2, 0.25) is 5.91 Å². The minimum Gasteiger partial charge on any atom is -0.535 e. The van der Waals surface area contributed by atoms with E-state index in [1.54, 1.807) is 12.1 Å². The number of amides is 1. The van der Waals surface area contributed by atoms with E-state index in [9.17, 15) is 28.1 Å². The number of likely N-dealkylation sites (tertiary alicyclic amines) is 1. The summed E-state index contributed by atoms with van der Waals surface area (Å²) >= 11 is 0. The van der Waals surface area contributed by atoms with Crippen molar-refractivity contribution in [1.82, 2.24) is 10.2 Å². The Bertz CT molecular complexity index is 996. The number of fused-ring (bicyclic) bond motifs is 1. The summed E-state index contributed by atoms with van der Waals surface area (Å²) in [7, 11) is -5.25. The fraction of sp³-hybridized carbons (Fsp3) is 0.556. The number of nitrogens with one attached hydrogen (secondary N) is 1. The lowest BCUT2D eigenvalue weighted by atomic mass is 9.78. The van der Waals surface area contributed by atoms with Crippen molar-refractivity contribution < 1.29 is 42.1 Å². The second kappa shape index (κ2) is 9.23. The minimum atomic E-state index is -4.18. The summed E-state index contributed by atoms with van der Waals surface area (Å²) in [6.45, 7) is 2.19. The highest BCUT2D eigenvalue weighted by Crippen LogP contribution is 2.37. The SMILES string of the molecule is C[C@@](N)(CN1CC(Oc2ccc3c(c2C(=O)O)OB(O)CC3)C1)C(=O)NCCS(=O)(=O)O. The van der Waals surface area contributed by atoms with Gasteiger partial charge in [0.15, 0.2) is 0 Å². The first-order valence-electron chi connectivity index (χ1n) is 10.0. The molecule has 1 amide bonds. The maximum atomic E-state index is 12.2. The number of carboxylic acid groups (broad SMARTS) is 1. The number of carbonyl (C=O) groups excluding carboxylic acids is 1. The van der Waals surface area contributed by atoms with Gasteiger partial charge in [0.05, 0.1) is 5.75 Å². The number of aromatic carboxylic acids is 1. The van der Waals surface area contributed by atoms with Crippen LogP contribution in [0.1, 0.15) is 22.8 Å². The van der Waals surface area contributed by atoms with Gasteiger partial charge in [0, 0.05) is 26.2 Å². The lowest BCUT2D eigenvalue weighted by Crippen LogP contribution is -2.64. The highest BCUT2D eigenvalue weighted by atomic mass is 32.2. The highest BCUT2D eigenvalue weighted by Gasteiger charge is 2.38. The zero-order chi connectivity index (χ0) is 23.7. The fourth-order valence-corrected chi connectivity index (χ4v) is 4.01. The summed E-state index contributed by atoms with van der Waals surface area (Å²) in [6, 6.07) is 3.29. The van der Waals surface area contributed by atoms with Gasteiger partial charge in [-0.3, -0.25) is 14.2 Å². The van der Waals surface area contributed by atoms with Crippen molar-refractivity contribution in [2.75, 3.05) is 31.9 Å². The third-order valence-electron chi connectivity index (χ3n) is 5.26. The monoisotopic (exact) mass is 471 g/mol. The Kier molecular flexibility index (Phi) is 7.00. The first kappa shape index (κ1) is 24.3. The quantitative estimate of drug-likeness (QED) is 0.210. The van der Waals surface area contributed by atoms with Gasteiger partial charge in [-0.25, -0.2) is 4.79 Å². The maximum absolute atomic E-state index is 12.2. The van der Waals surface area contributed by atoms with Crippen LogP contribution in [0, 0.1) is 0 Å². The Morgan fingerprint density at radius 2 is 2.09 bits per heavy atom. The minimum absolute atomic E-state index is 0.112. The Hall–Kier alpha value is -2.39. The second-order valence-electron chi connectivity index (χ2n) is 8.24. The lowest BCUT2D eigenvalue weighted by Gasteiger charge is -2.42. The van der Waals surface area contributed by atoms with Crippen LogP contribution in [0.4, 0.5) is 0 Å². The Morgan fingerprint density at radius 1 is 1.41 bits per heavy atom. The predicted molar refractivity (Wildman–Crippen MR) is 113 cm³/mol. The summed E-state index contributed by atoms with van der Waals surface area (Å²) in [4.78, 5) is 25.8. The molecule has 12 nitrogen and oxygen atoms in total. The molecule has 2 heterocycles. The van der Waals surface area contributed by atoms with Gasteiger partial charge in [0.1, 0.15) is 28.7 Å². The molecule has 0 bridgehead atoms. The first-order chi connectivity index (χ1) is 14.9. The van der Waals surface area contributed by atoms with Gasteiger partial charge in [-0.05, 0) is 31.3 Å². The molecule has 0 aliphatic carbocycles. The van der Waals surface area contributed by atoms with Crippen LogP contribution in [0.15, 0.2) is 12.1 Å². The van der Waals surface area contributed by atoms with Crippen LogP contribution in [0.25, 0.3) is 0 Å². The summed E-state index contributed by atoms with van der Waals surface area (Å²) in [5, 5.41) is 21.7. The average Bonchev–Trinajstić information content (AvgIpc) is 2.64. The highest BCUT2D eigenvalue weighted by molar-refractivity contribution is 7.85. The second-order valence-corrected chi connectivity index (χ2v) is 9.81. The van der Waals surface area contributed by atoms with Crippen molar-refractivity contribution >= 4 is 29.1 Å². The summed E-state index contributed by atoms with van der Waals surface area (Å²) in [6.07, 6.45) is 0.541. The maximum Gasteiger partial charge on any atom is 0.522 e. The number of hydrogen-bond donors (Lipinski definition) is 5. The molecule has 0 unspecified atom stereocenters. The number of nitrogens with zero attached hydrogens (tertiary/aromatic N) is 1. The number of ether oxygens (including phenoxy) is 1. The molecule has 6 N–H and O–H groups in total. The van der Waals surface area contributed by atoms with E-state index < -0.39 is 40.4 Å². The molecular weight excluding hydrogens is 445 g/mol. The molecule has 1 fully saturated rings. The van der Waals surface area contributed by atoms with Crippen LogP contribution in [0.2, 0.25) is 6.32 Å². The Labute approximate surface area is 185 Å². The third-order valence-corrected chi connectivity index (χ3v) is 5.98. The van der Waals surface area contributed by atoms with Crippen molar-refractivity contribution in [3.05, 3.63) is 23.3 Å². The number of nitrogens with two attached hydrogens (primary N) is 1. The van der Waals surface area contributed by atoms with E-state index in [0.717, 1.165) is 0 Å². The summed E-state index contributed by atoms with van der Waals surface area (Å²) in [5.74, 6) is -2.15. The van der Waals surface area contributed by atoms with Gasteiger partial charge in [-0.15, -0.1) is 0 Å². The summed E-state index contributed by atoms with van der Waals surface area (Å²) < 4.78 is 41.4. The van der Waals surface area contributed by atoms with E-state index in [1.807, 2.05) is 4.90 Å².